The molecular formula is C22H27N5. The van der Waals surface area contributed by atoms with Gasteiger partial charge in [-0.2, -0.15) is 9.97 Å². The molecule has 1 aromatic carbocycles. The first-order valence-corrected chi connectivity index (χ1v) is 10.5. The van der Waals surface area contributed by atoms with Gasteiger partial charge in [0.2, 0.25) is 5.95 Å². The first-order chi connectivity index (χ1) is 13.2. The summed E-state index contributed by atoms with van der Waals surface area (Å²) in [5.74, 6) is 2.80. The number of piperazine rings is 1. The molecule has 2 aromatic rings. The van der Waals surface area contributed by atoms with E-state index in [1.165, 1.54) is 44.1 Å². The number of hydrogen-bond acceptors (Lipinski definition) is 5. The number of aromatic nitrogens is 3. The average Bonchev–Trinajstić information content (AvgIpc) is 3.62. The Hall–Kier alpha value is -2.01. The molecule has 1 saturated heterocycles. The second-order valence-electron chi connectivity index (χ2n) is 9.21. The van der Waals surface area contributed by atoms with Crippen molar-refractivity contribution in [2.75, 3.05) is 38.1 Å². The Kier molecular flexibility index (Phi) is 3.26. The lowest BCUT2D eigenvalue weighted by molar-refractivity contribution is 0.311. The van der Waals surface area contributed by atoms with Crippen LogP contribution in [-0.4, -0.2) is 53.1 Å². The normalized spacial score (nSPS) is 24.9. The molecule has 2 saturated carbocycles. The molecule has 5 aliphatic rings. The van der Waals surface area contributed by atoms with E-state index >= 15 is 0 Å². The van der Waals surface area contributed by atoms with Crippen LogP contribution in [0.2, 0.25) is 0 Å². The van der Waals surface area contributed by atoms with E-state index in [9.17, 15) is 0 Å². The number of rotatable bonds is 1. The maximum Gasteiger partial charge on any atom is 0.229 e. The summed E-state index contributed by atoms with van der Waals surface area (Å²) in [4.78, 5) is 19.7. The molecule has 4 heterocycles. The number of benzene rings is 1. The zero-order valence-corrected chi connectivity index (χ0v) is 16.1. The number of nitrogens with zero attached hydrogens (tertiary/aromatic N) is 5. The van der Waals surface area contributed by atoms with Crippen molar-refractivity contribution in [3.63, 3.8) is 0 Å². The van der Waals surface area contributed by atoms with Crippen LogP contribution in [-0.2, 0) is 10.8 Å². The standard InChI is InChI=1S/C22H27N5/c1-26-12-14-27(15-13-26)20-24-18-16-2-4-17(5-3-16)21(6-7-21)8-9-22(10-11-22)19(23-18)25-20/h2-5H,6-15H2,1H3. The Morgan fingerprint density at radius 1 is 0.741 bits per heavy atom. The number of fused-ring (bicyclic) bond motifs is 3. The van der Waals surface area contributed by atoms with E-state index in [4.69, 9.17) is 15.0 Å². The Balaban J connectivity index is 1.46. The summed E-state index contributed by atoms with van der Waals surface area (Å²) in [5.41, 5.74) is 3.29. The predicted molar refractivity (Wildman–Crippen MR) is 106 cm³/mol. The van der Waals surface area contributed by atoms with E-state index in [0.717, 1.165) is 49.3 Å². The Morgan fingerprint density at radius 3 is 2.04 bits per heavy atom. The molecule has 27 heavy (non-hydrogen) atoms. The SMILES string of the molecule is CN1CCN(c2nc3nc(n2)C2(CCC4(CC4)c4ccc-3cc4)CC2)CC1. The van der Waals surface area contributed by atoms with Crippen molar-refractivity contribution in [3.05, 3.63) is 35.7 Å². The number of anilines is 1. The smallest absolute Gasteiger partial charge is 0.229 e. The number of likely N-dealkylation sites (N-methyl/N-ethyl adjacent to an activating group) is 1. The maximum absolute atomic E-state index is 5.04. The summed E-state index contributed by atoms with van der Waals surface area (Å²) in [6.45, 7) is 4.13. The van der Waals surface area contributed by atoms with Crippen molar-refractivity contribution in [2.24, 2.45) is 0 Å². The van der Waals surface area contributed by atoms with Gasteiger partial charge < -0.3 is 9.80 Å². The van der Waals surface area contributed by atoms with Crippen LogP contribution in [0.4, 0.5) is 5.95 Å². The molecule has 0 radical (unpaired) electrons. The summed E-state index contributed by atoms with van der Waals surface area (Å²) >= 11 is 0. The van der Waals surface area contributed by atoms with Crippen molar-refractivity contribution in [2.45, 2.75) is 49.4 Å². The van der Waals surface area contributed by atoms with Gasteiger partial charge >= 0.3 is 0 Å². The molecule has 140 valence electrons. The summed E-state index contributed by atoms with van der Waals surface area (Å²) in [6.07, 6.45) is 7.65. The van der Waals surface area contributed by atoms with Gasteiger partial charge in [0.15, 0.2) is 5.82 Å². The van der Waals surface area contributed by atoms with Gasteiger partial charge in [-0.3, -0.25) is 0 Å². The highest BCUT2D eigenvalue weighted by Gasteiger charge is 2.52. The van der Waals surface area contributed by atoms with Crippen LogP contribution in [0.3, 0.4) is 0 Å². The van der Waals surface area contributed by atoms with Crippen LogP contribution in [0.5, 0.6) is 0 Å². The quantitative estimate of drug-likeness (QED) is 0.781. The Labute approximate surface area is 160 Å². The van der Waals surface area contributed by atoms with Gasteiger partial charge in [0.1, 0.15) is 5.82 Å². The van der Waals surface area contributed by atoms with E-state index < -0.39 is 0 Å². The molecule has 0 N–H and O–H groups in total. The molecule has 5 heteroatoms. The predicted octanol–water partition coefficient (Wildman–Crippen LogP) is 3.15. The molecule has 4 bridgehead atoms. The third-order valence-electron chi connectivity index (χ3n) is 7.43. The highest BCUT2D eigenvalue weighted by molar-refractivity contribution is 5.58. The Bertz CT molecular complexity index is 874. The third-order valence-corrected chi connectivity index (χ3v) is 7.43. The Morgan fingerprint density at radius 2 is 1.37 bits per heavy atom. The largest absolute Gasteiger partial charge is 0.338 e. The fraction of sp³-hybridized carbons (Fsp3) is 0.591. The molecule has 3 fully saturated rings. The van der Waals surface area contributed by atoms with Gasteiger partial charge in [-0.1, -0.05) is 24.3 Å². The third kappa shape index (κ3) is 2.59. The van der Waals surface area contributed by atoms with E-state index in [1.807, 2.05) is 0 Å². The lowest BCUT2D eigenvalue weighted by atomic mass is 9.86. The lowest BCUT2D eigenvalue weighted by Crippen LogP contribution is -2.45. The number of hydrogen-bond donors (Lipinski definition) is 0. The second kappa shape index (κ2) is 5.51. The van der Waals surface area contributed by atoms with Crippen molar-refractivity contribution in [1.82, 2.24) is 19.9 Å². The van der Waals surface area contributed by atoms with Crippen molar-refractivity contribution in [3.8, 4) is 11.4 Å². The van der Waals surface area contributed by atoms with Crippen molar-refractivity contribution < 1.29 is 0 Å². The van der Waals surface area contributed by atoms with Crippen LogP contribution in [0, 0.1) is 0 Å². The maximum atomic E-state index is 5.04. The molecule has 5 nitrogen and oxygen atoms in total. The van der Waals surface area contributed by atoms with Crippen LogP contribution < -0.4 is 4.90 Å². The first-order valence-electron chi connectivity index (χ1n) is 10.5. The van der Waals surface area contributed by atoms with Crippen molar-refractivity contribution in [1.29, 1.82) is 0 Å². The lowest BCUT2D eigenvalue weighted by Gasteiger charge is -2.32. The highest BCUT2D eigenvalue weighted by atomic mass is 15.3. The van der Waals surface area contributed by atoms with Gasteiger partial charge in [-0.25, -0.2) is 4.98 Å². The van der Waals surface area contributed by atoms with Gasteiger partial charge in [0.25, 0.3) is 0 Å². The zero-order chi connectivity index (χ0) is 18.1. The van der Waals surface area contributed by atoms with Crippen molar-refractivity contribution >= 4 is 5.95 Å². The summed E-state index contributed by atoms with van der Waals surface area (Å²) in [6, 6.07) is 9.11. The van der Waals surface area contributed by atoms with Gasteiger partial charge in [0.05, 0.1) is 0 Å². The molecule has 0 atom stereocenters. The molecule has 1 aromatic heterocycles. The molecule has 0 unspecified atom stereocenters. The average molecular weight is 361 g/mol. The summed E-state index contributed by atoms with van der Waals surface area (Å²) in [7, 11) is 2.19. The topological polar surface area (TPSA) is 45.2 Å². The molecule has 2 aliphatic carbocycles. The van der Waals surface area contributed by atoms with E-state index in [2.05, 4.69) is 41.1 Å². The monoisotopic (exact) mass is 361 g/mol. The minimum absolute atomic E-state index is 0.208. The van der Waals surface area contributed by atoms with Crippen LogP contribution >= 0.6 is 0 Å². The summed E-state index contributed by atoms with van der Waals surface area (Å²) < 4.78 is 0. The first kappa shape index (κ1) is 16.0. The molecular weight excluding hydrogens is 334 g/mol. The minimum Gasteiger partial charge on any atom is -0.338 e. The van der Waals surface area contributed by atoms with E-state index in [0.29, 0.717) is 5.41 Å². The highest BCUT2D eigenvalue weighted by Crippen LogP contribution is 2.58. The van der Waals surface area contributed by atoms with Crippen LogP contribution in [0.1, 0.15) is 49.9 Å². The summed E-state index contributed by atoms with van der Waals surface area (Å²) in [5, 5.41) is 0. The van der Waals surface area contributed by atoms with Crippen LogP contribution in [0.25, 0.3) is 11.4 Å². The molecule has 2 spiro atoms. The molecule has 0 amide bonds. The fourth-order valence-corrected chi connectivity index (χ4v) is 4.90. The van der Waals surface area contributed by atoms with Gasteiger partial charge in [-0.05, 0) is 56.6 Å². The van der Waals surface area contributed by atoms with E-state index in [1.54, 1.807) is 0 Å². The van der Waals surface area contributed by atoms with Crippen LogP contribution in [0.15, 0.2) is 24.3 Å². The minimum atomic E-state index is 0.208. The molecule has 3 aliphatic heterocycles. The van der Waals surface area contributed by atoms with Gasteiger partial charge in [0, 0.05) is 37.2 Å². The second-order valence-corrected chi connectivity index (χ2v) is 9.21. The van der Waals surface area contributed by atoms with Gasteiger partial charge in [-0.15, -0.1) is 0 Å². The zero-order valence-electron chi connectivity index (χ0n) is 16.1. The molecule has 7 rings (SSSR count). The van der Waals surface area contributed by atoms with E-state index in [-0.39, 0.29) is 5.41 Å². The fourth-order valence-electron chi connectivity index (χ4n) is 4.90.